The van der Waals surface area contributed by atoms with Crippen LogP contribution in [0.15, 0.2) is 42.6 Å². The number of nitrogens with zero attached hydrogens (tertiary/aromatic N) is 2. The Morgan fingerprint density at radius 2 is 2.03 bits per heavy atom. The highest BCUT2D eigenvalue weighted by Gasteiger charge is 2.47. The van der Waals surface area contributed by atoms with Gasteiger partial charge in [0.25, 0.3) is 5.91 Å². The van der Waals surface area contributed by atoms with Gasteiger partial charge in [-0.15, -0.1) is 0 Å². The van der Waals surface area contributed by atoms with E-state index in [1.807, 2.05) is 0 Å². The largest absolute Gasteiger partial charge is 0.493 e. The third-order valence-corrected chi connectivity index (χ3v) is 6.67. The molecule has 0 spiro atoms. The summed E-state index contributed by atoms with van der Waals surface area (Å²) >= 11 is 0. The van der Waals surface area contributed by atoms with Gasteiger partial charge in [-0.1, -0.05) is 12.1 Å². The van der Waals surface area contributed by atoms with Crippen molar-refractivity contribution in [2.45, 2.75) is 18.2 Å². The Morgan fingerprint density at radius 3 is 2.77 bits per heavy atom. The fourth-order valence-corrected chi connectivity index (χ4v) is 5.17. The van der Waals surface area contributed by atoms with Crippen LogP contribution in [0.2, 0.25) is 0 Å². The van der Waals surface area contributed by atoms with E-state index in [0.29, 0.717) is 24.3 Å². The van der Waals surface area contributed by atoms with Crippen molar-refractivity contribution in [1.82, 2.24) is 10.3 Å². The van der Waals surface area contributed by atoms with Gasteiger partial charge in [0.05, 0.1) is 7.11 Å². The monoisotopic (exact) mass is 447 g/mol. The molecule has 2 aromatic rings. The molecule has 1 aliphatic heterocycles. The van der Waals surface area contributed by atoms with Gasteiger partial charge in [-0.25, -0.2) is 13.4 Å². The molecule has 166 valence electrons. The molecule has 3 rings (SSSR count). The highest BCUT2D eigenvalue weighted by Crippen LogP contribution is 2.40. The molecule has 1 aromatic heterocycles. The lowest BCUT2D eigenvalue weighted by Crippen LogP contribution is -2.30. The molecule has 2 amide bonds. The highest BCUT2D eigenvalue weighted by atomic mass is 32.2. The number of rotatable bonds is 9. The number of hydrogen-bond acceptors (Lipinski definition) is 7. The van der Waals surface area contributed by atoms with Crippen molar-refractivity contribution >= 4 is 27.5 Å². The van der Waals surface area contributed by atoms with Gasteiger partial charge in [0.1, 0.15) is 5.75 Å². The zero-order valence-electron chi connectivity index (χ0n) is 17.4. The van der Waals surface area contributed by atoms with Gasteiger partial charge >= 0.3 is 0 Å². The number of sulfone groups is 1. The van der Waals surface area contributed by atoms with E-state index >= 15 is 0 Å². The van der Waals surface area contributed by atoms with Crippen LogP contribution < -0.4 is 15.0 Å². The summed E-state index contributed by atoms with van der Waals surface area (Å²) in [5.41, 5.74) is 0.623. The fourth-order valence-electron chi connectivity index (χ4n) is 3.43. The maximum atomic E-state index is 12.9. The third-order valence-electron chi connectivity index (χ3n) is 4.86. The van der Waals surface area contributed by atoms with Crippen molar-refractivity contribution in [2.75, 3.05) is 38.0 Å². The van der Waals surface area contributed by atoms with Gasteiger partial charge in [-0.05, 0) is 42.7 Å². The van der Waals surface area contributed by atoms with E-state index in [1.54, 1.807) is 37.4 Å². The van der Waals surface area contributed by atoms with Crippen molar-refractivity contribution in [1.29, 1.82) is 0 Å². The van der Waals surface area contributed by atoms with Crippen molar-refractivity contribution in [3.63, 3.8) is 0 Å². The molecular formula is C21H25N3O6S. The lowest BCUT2D eigenvalue weighted by atomic mass is 10.1. The number of unbranched alkanes of at least 4 members (excludes halogenated alkanes) is 1. The first kappa shape index (κ1) is 22.7. The van der Waals surface area contributed by atoms with Crippen LogP contribution in [0, 0.1) is 0 Å². The molecule has 1 N–H and O–H groups in total. The Labute approximate surface area is 181 Å². The van der Waals surface area contributed by atoms with Crippen LogP contribution in [-0.2, 0) is 19.4 Å². The molecule has 0 radical (unpaired) electrons. The summed E-state index contributed by atoms with van der Waals surface area (Å²) in [5.74, 6) is -1.16. The normalized spacial score (nSPS) is 17.5. The molecule has 2 heterocycles. The quantitative estimate of drug-likeness (QED) is 0.582. The molecular weight excluding hydrogens is 422 g/mol. The summed E-state index contributed by atoms with van der Waals surface area (Å²) in [6.45, 7) is 1.09. The molecule has 1 aromatic carbocycles. The first-order valence-corrected chi connectivity index (χ1v) is 11.5. The second-order valence-corrected chi connectivity index (χ2v) is 9.09. The number of benzene rings is 1. The lowest BCUT2D eigenvalue weighted by Gasteiger charge is -2.24. The van der Waals surface area contributed by atoms with Crippen LogP contribution in [0.5, 0.6) is 5.75 Å². The zero-order valence-corrected chi connectivity index (χ0v) is 18.2. The van der Waals surface area contributed by atoms with E-state index in [9.17, 15) is 18.0 Å². The second kappa shape index (κ2) is 9.88. The number of nitrogens with one attached hydrogen (secondary N) is 1. The number of methoxy groups -OCH3 is 2. The molecule has 1 unspecified atom stereocenters. The summed E-state index contributed by atoms with van der Waals surface area (Å²) in [6, 6.07) is 9.51. The van der Waals surface area contributed by atoms with E-state index in [2.05, 4.69) is 10.3 Å². The first-order valence-electron chi connectivity index (χ1n) is 9.78. The van der Waals surface area contributed by atoms with E-state index in [0.717, 1.165) is 17.7 Å². The van der Waals surface area contributed by atoms with Crippen molar-refractivity contribution in [3.05, 3.63) is 53.7 Å². The molecule has 9 nitrogen and oxygen atoms in total. The smallest absolute Gasteiger partial charge is 0.251 e. The molecule has 0 aliphatic carbocycles. The number of anilines is 1. The minimum Gasteiger partial charge on any atom is -0.493 e. The minimum atomic E-state index is -3.85. The molecule has 10 heteroatoms. The van der Waals surface area contributed by atoms with Crippen LogP contribution in [0.3, 0.4) is 0 Å². The van der Waals surface area contributed by atoms with Crippen molar-refractivity contribution in [3.8, 4) is 5.75 Å². The Hall–Kier alpha value is -2.98. The maximum absolute atomic E-state index is 12.9. The van der Waals surface area contributed by atoms with Crippen LogP contribution in [0.1, 0.15) is 34.1 Å². The van der Waals surface area contributed by atoms with Crippen LogP contribution in [-0.4, -0.2) is 58.3 Å². The second-order valence-electron chi connectivity index (χ2n) is 7.03. The van der Waals surface area contributed by atoms with Crippen LogP contribution in [0.25, 0.3) is 0 Å². The van der Waals surface area contributed by atoms with Gasteiger partial charge in [-0.3, -0.25) is 14.5 Å². The number of amides is 2. The Balaban J connectivity index is 1.90. The number of hydrogen-bond donors (Lipinski definition) is 1. The molecule has 0 saturated carbocycles. The van der Waals surface area contributed by atoms with Gasteiger partial charge < -0.3 is 14.8 Å². The standard InChI is InChI=1S/C21H25N3O6S/c1-29-12-4-3-10-23-20(26)15-7-5-8-16(13-15)21-24(18(25)14-31(21,27)28)19-17(30-2)9-6-11-22-19/h5-9,11,13,21H,3-4,10,12,14H2,1-2H3,(H,23,26). The molecule has 0 bridgehead atoms. The molecule has 31 heavy (non-hydrogen) atoms. The predicted molar refractivity (Wildman–Crippen MR) is 115 cm³/mol. The fraction of sp³-hybridized carbons (Fsp3) is 0.381. The van der Waals surface area contributed by atoms with Gasteiger partial charge in [0.15, 0.2) is 26.8 Å². The Morgan fingerprint density at radius 1 is 1.23 bits per heavy atom. The first-order chi connectivity index (χ1) is 14.9. The highest BCUT2D eigenvalue weighted by molar-refractivity contribution is 7.93. The number of pyridine rings is 1. The molecule has 1 saturated heterocycles. The van der Waals surface area contributed by atoms with E-state index in [-0.39, 0.29) is 17.5 Å². The van der Waals surface area contributed by atoms with Crippen molar-refractivity contribution < 1.29 is 27.5 Å². The van der Waals surface area contributed by atoms with E-state index < -0.39 is 26.9 Å². The number of carbonyl (C=O) groups is 2. The molecule has 1 fully saturated rings. The van der Waals surface area contributed by atoms with Crippen molar-refractivity contribution in [2.24, 2.45) is 0 Å². The summed E-state index contributed by atoms with van der Waals surface area (Å²) in [7, 11) is -0.806. The summed E-state index contributed by atoms with van der Waals surface area (Å²) < 4.78 is 36.0. The maximum Gasteiger partial charge on any atom is 0.251 e. The SMILES string of the molecule is COCCCCNC(=O)c1cccc(C2N(c3ncccc3OC)C(=O)CS2(=O)=O)c1. The summed E-state index contributed by atoms with van der Waals surface area (Å²) in [5, 5.41) is 1.52. The molecule has 1 atom stereocenters. The van der Waals surface area contributed by atoms with Crippen LogP contribution >= 0.6 is 0 Å². The lowest BCUT2D eigenvalue weighted by molar-refractivity contribution is -0.115. The zero-order chi connectivity index (χ0) is 22.4. The Kier molecular flexibility index (Phi) is 7.24. The number of carbonyl (C=O) groups excluding carboxylic acids is 2. The minimum absolute atomic E-state index is 0.120. The average molecular weight is 448 g/mol. The van der Waals surface area contributed by atoms with Gasteiger partial charge in [0.2, 0.25) is 5.91 Å². The van der Waals surface area contributed by atoms with E-state index in [4.69, 9.17) is 9.47 Å². The number of ether oxygens (including phenoxy) is 2. The topological polar surface area (TPSA) is 115 Å². The molecule has 1 aliphatic rings. The van der Waals surface area contributed by atoms with E-state index in [1.165, 1.54) is 19.4 Å². The Bertz CT molecular complexity index is 1060. The third kappa shape index (κ3) is 5.02. The van der Waals surface area contributed by atoms with Crippen LogP contribution in [0.4, 0.5) is 5.82 Å². The number of aromatic nitrogens is 1. The predicted octanol–water partition coefficient (Wildman–Crippen LogP) is 1.71. The van der Waals surface area contributed by atoms with Gasteiger partial charge in [-0.2, -0.15) is 0 Å². The average Bonchev–Trinajstić information content (AvgIpc) is 3.01. The van der Waals surface area contributed by atoms with Gasteiger partial charge in [0, 0.05) is 32.0 Å². The summed E-state index contributed by atoms with van der Waals surface area (Å²) in [6.07, 6.45) is 3.04. The summed E-state index contributed by atoms with van der Waals surface area (Å²) in [4.78, 5) is 30.5.